The van der Waals surface area contributed by atoms with Crippen LogP contribution < -0.4 is 5.73 Å². The summed E-state index contributed by atoms with van der Waals surface area (Å²) in [4.78, 5) is 0. The van der Waals surface area contributed by atoms with Gasteiger partial charge in [0, 0.05) is 0 Å². The zero-order chi connectivity index (χ0) is 6.01. The van der Waals surface area contributed by atoms with Crippen LogP contribution >= 0.6 is 0 Å². The highest BCUT2D eigenvalue weighted by molar-refractivity contribution is 5.16. The highest BCUT2D eigenvalue weighted by atomic mass is 14.8. The summed E-state index contributed by atoms with van der Waals surface area (Å²) in [5.41, 5.74) is 5.67. The summed E-state index contributed by atoms with van der Waals surface area (Å²) in [5, 5.41) is 0. The minimum atomic E-state index is 0.958. The minimum absolute atomic E-state index is 0.958. The molecule has 4 fully saturated rings. The van der Waals surface area contributed by atoms with Gasteiger partial charge in [-0.3, -0.25) is 0 Å². The van der Waals surface area contributed by atoms with Gasteiger partial charge in [-0.25, -0.2) is 0 Å². The maximum absolute atomic E-state index is 5.67. The quantitative estimate of drug-likeness (QED) is 0.549. The second-order valence-corrected chi connectivity index (χ2v) is 4.04. The Morgan fingerprint density at radius 2 is 1.89 bits per heavy atom. The van der Waals surface area contributed by atoms with Crippen LogP contribution in [0.1, 0.15) is 12.8 Å². The van der Waals surface area contributed by atoms with Crippen LogP contribution in [0.2, 0.25) is 0 Å². The summed E-state index contributed by atoms with van der Waals surface area (Å²) >= 11 is 0. The second-order valence-electron chi connectivity index (χ2n) is 4.04. The third-order valence-corrected chi connectivity index (χ3v) is 3.92. The first-order valence-corrected chi connectivity index (χ1v) is 4.12. The first-order valence-electron chi connectivity index (χ1n) is 4.12. The fourth-order valence-electron chi connectivity index (χ4n) is 3.58. The molecular formula is C8H13N. The van der Waals surface area contributed by atoms with Gasteiger partial charge in [0.1, 0.15) is 0 Å². The maximum Gasteiger partial charge on any atom is -0.00433 e. The molecule has 0 aromatic rings. The van der Waals surface area contributed by atoms with Gasteiger partial charge in [-0.2, -0.15) is 0 Å². The predicted molar refractivity (Wildman–Crippen MR) is 35.7 cm³/mol. The van der Waals surface area contributed by atoms with E-state index in [0.717, 1.165) is 36.1 Å². The molecule has 1 heteroatoms. The molecule has 4 aliphatic carbocycles. The monoisotopic (exact) mass is 123 g/mol. The SMILES string of the molecule is NCC1C2CC3C(C2)C13. The average Bonchev–Trinajstić information content (AvgIpc) is 2.40. The largest absolute Gasteiger partial charge is 0.330 e. The van der Waals surface area contributed by atoms with Crippen LogP contribution in [0.3, 0.4) is 0 Å². The molecule has 0 aromatic heterocycles. The normalized spacial score (nSPS) is 67.0. The fourth-order valence-corrected chi connectivity index (χ4v) is 3.58. The Labute approximate surface area is 55.6 Å². The van der Waals surface area contributed by atoms with Crippen molar-refractivity contribution < 1.29 is 0 Å². The van der Waals surface area contributed by atoms with E-state index in [4.69, 9.17) is 5.73 Å². The van der Waals surface area contributed by atoms with Crippen molar-refractivity contribution in [3.8, 4) is 0 Å². The fraction of sp³-hybridized carbons (Fsp3) is 1.00. The zero-order valence-corrected chi connectivity index (χ0v) is 5.59. The highest BCUT2D eigenvalue weighted by Crippen LogP contribution is 2.72. The van der Waals surface area contributed by atoms with Gasteiger partial charge in [-0.15, -0.1) is 0 Å². The van der Waals surface area contributed by atoms with Crippen LogP contribution in [0, 0.1) is 29.6 Å². The number of nitrogens with two attached hydrogens (primary N) is 1. The lowest BCUT2D eigenvalue weighted by Crippen LogP contribution is -2.17. The maximum atomic E-state index is 5.67. The second kappa shape index (κ2) is 1.20. The Morgan fingerprint density at radius 1 is 1.22 bits per heavy atom. The van der Waals surface area contributed by atoms with Gasteiger partial charge >= 0.3 is 0 Å². The van der Waals surface area contributed by atoms with Crippen LogP contribution in [0.25, 0.3) is 0 Å². The van der Waals surface area contributed by atoms with E-state index in [2.05, 4.69) is 0 Å². The van der Waals surface area contributed by atoms with E-state index in [0.29, 0.717) is 0 Å². The van der Waals surface area contributed by atoms with Gasteiger partial charge in [-0.1, -0.05) is 0 Å². The molecule has 9 heavy (non-hydrogen) atoms. The van der Waals surface area contributed by atoms with Gasteiger partial charge in [0.15, 0.2) is 0 Å². The minimum Gasteiger partial charge on any atom is -0.330 e. The van der Waals surface area contributed by atoms with E-state index >= 15 is 0 Å². The van der Waals surface area contributed by atoms with Crippen LogP contribution in [-0.4, -0.2) is 6.54 Å². The molecule has 0 spiro atoms. The molecule has 1 nitrogen and oxygen atoms in total. The van der Waals surface area contributed by atoms with Crippen molar-refractivity contribution in [3.05, 3.63) is 0 Å². The molecule has 0 radical (unpaired) electrons. The van der Waals surface area contributed by atoms with Crippen LogP contribution in [0.4, 0.5) is 0 Å². The Bertz CT molecular complexity index is 141. The summed E-state index contributed by atoms with van der Waals surface area (Å²) in [7, 11) is 0. The van der Waals surface area contributed by atoms with Crippen molar-refractivity contribution in [1.82, 2.24) is 0 Å². The van der Waals surface area contributed by atoms with Crippen molar-refractivity contribution in [1.29, 1.82) is 0 Å². The molecule has 50 valence electrons. The average molecular weight is 123 g/mol. The Kier molecular flexibility index (Phi) is 0.628. The first kappa shape index (κ1) is 4.73. The molecule has 0 heterocycles. The zero-order valence-electron chi connectivity index (χ0n) is 5.59. The summed E-state index contributed by atoms with van der Waals surface area (Å²) in [5.74, 6) is 5.45. The third-order valence-electron chi connectivity index (χ3n) is 3.92. The standard InChI is InChI=1S/C8H13N/c9-3-7-4-1-5-6(2-4)8(5)7/h4-8H,1-3,9H2. The van der Waals surface area contributed by atoms with Gasteiger partial charge in [0.05, 0.1) is 0 Å². The van der Waals surface area contributed by atoms with Gasteiger partial charge in [0.2, 0.25) is 0 Å². The predicted octanol–water partition coefficient (Wildman–Crippen LogP) is 0.847. The highest BCUT2D eigenvalue weighted by Gasteiger charge is 2.67. The lowest BCUT2D eigenvalue weighted by atomic mass is 9.99. The van der Waals surface area contributed by atoms with Crippen molar-refractivity contribution >= 4 is 0 Å². The van der Waals surface area contributed by atoms with E-state index in [9.17, 15) is 0 Å². The molecule has 3 unspecified atom stereocenters. The molecule has 4 bridgehead atoms. The van der Waals surface area contributed by atoms with Crippen molar-refractivity contribution in [2.24, 2.45) is 35.3 Å². The number of hydrogen-bond donors (Lipinski definition) is 1. The van der Waals surface area contributed by atoms with E-state index in [1.165, 1.54) is 12.8 Å². The molecule has 0 saturated heterocycles. The molecule has 0 aromatic carbocycles. The molecule has 2 N–H and O–H groups in total. The van der Waals surface area contributed by atoms with Crippen molar-refractivity contribution in [2.45, 2.75) is 12.8 Å². The smallest absolute Gasteiger partial charge is 0.00433 e. The Hall–Kier alpha value is -0.0400. The molecule has 4 aliphatic rings. The van der Waals surface area contributed by atoms with Crippen LogP contribution in [-0.2, 0) is 0 Å². The van der Waals surface area contributed by atoms with Gasteiger partial charge < -0.3 is 5.73 Å². The summed E-state index contributed by atoms with van der Waals surface area (Å²) in [6.07, 6.45) is 3.08. The Morgan fingerprint density at radius 3 is 2.11 bits per heavy atom. The van der Waals surface area contributed by atoms with E-state index in [1.54, 1.807) is 0 Å². The Balaban J connectivity index is 1.95. The van der Waals surface area contributed by atoms with Crippen molar-refractivity contribution in [3.63, 3.8) is 0 Å². The number of rotatable bonds is 1. The molecule has 3 atom stereocenters. The summed E-state index contributed by atoms with van der Waals surface area (Å²) in [6.45, 7) is 0.975. The summed E-state index contributed by atoms with van der Waals surface area (Å²) < 4.78 is 0. The lowest BCUT2D eigenvalue weighted by Gasteiger charge is -2.09. The van der Waals surface area contributed by atoms with E-state index < -0.39 is 0 Å². The molecular weight excluding hydrogens is 110 g/mol. The molecule has 4 saturated carbocycles. The van der Waals surface area contributed by atoms with Gasteiger partial charge in [-0.05, 0) is 49.0 Å². The van der Waals surface area contributed by atoms with Crippen LogP contribution in [0.5, 0.6) is 0 Å². The topological polar surface area (TPSA) is 26.0 Å². The molecule has 0 aliphatic heterocycles. The van der Waals surface area contributed by atoms with E-state index in [1.807, 2.05) is 0 Å². The number of hydrogen-bond acceptors (Lipinski definition) is 1. The molecule has 4 rings (SSSR count). The van der Waals surface area contributed by atoms with Crippen LogP contribution in [0.15, 0.2) is 0 Å². The lowest BCUT2D eigenvalue weighted by molar-refractivity contribution is 0.423. The molecule has 0 amide bonds. The first-order chi connectivity index (χ1) is 4.42. The third kappa shape index (κ3) is 0.362. The van der Waals surface area contributed by atoms with E-state index in [-0.39, 0.29) is 0 Å². The summed E-state index contributed by atoms with van der Waals surface area (Å²) in [6, 6.07) is 0. The van der Waals surface area contributed by atoms with Gasteiger partial charge in [0.25, 0.3) is 0 Å². The van der Waals surface area contributed by atoms with Crippen molar-refractivity contribution in [2.75, 3.05) is 6.54 Å².